The van der Waals surface area contributed by atoms with Crippen molar-refractivity contribution in [2.24, 2.45) is 0 Å². The van der Waals surface area contributed by atoms with Crippen LogP contribution in [0.5, 0.6) is 0 Å². The Labute approximate surface area is 227 Å². The van der Waals surface area contributed by atoms with E-state index in [1.54, 1.807) is 27.8 Å². The summed E-state index contributed by atoms with van der Waals surface area (Å²) in [6, 6.07) is 16.6. The lowest BCUT2D eigenvalue weighted by atomic mass is 9.94. The van der Waals surface area contributed by atoms with Gasteiger partial charge in [0.05, 0.1) is 15.5 Å². The van der Waals surface area contributed by atoms with Crippen LogP contribution in [0, 0.1) is 0 Å². The van der Waals surface area contributed by atoms with E-state index in [-0.39, 0.29) is 16.8 Å². The maximum absolute atomic E-state index is 13.4. The average molecular weight is 553 g/mol. The van der Waals surface area contributed by atoms with E-state index in [9.17, 15) is 13.2 Å². The van der Waals surface area contributed by atoms with Crippen molar-refractivity contribution in [2.75, 3.05) is 14.1 Å². The van der Waals surface area contributed by atoms with E-state index in [4.69, 9.17) is 17.3 Å². The number of carbonyl (C=O) groups is 1. The van der Waals surface area contributed by atoms with Crippen LogP contribution in [0.3, 0.4) is 0 Å². The first-order chi connectivity index (χ1) is 17.8. The molecular formula is C27H28N4O3S3. The van der Waals surface area contributed by atoms with Crippen LogP contribution in [0.25, 0.3) is 23.0 Å². The maximum atomic E-state index is 13.4. The summed E-state index contributed by atoms with van der Waals surface area (Å²) >= 11 is 6.94. The maximum Gasteiger partial charge on any atom is 0.266 e. The van der Waals surface area contributed by atoms with Crippen LogP contribution in [-0.2, 0) is 14.8 Å². The van der Waals surface area contributed by atoms with Crippen molar-refractivity contribution in [3.05, 3.63) is 71.3 Å². The van der Waals surface area contributed by atoms with Crippen LogP contribution in [0.2, 0.25) is 0 Å². The van der Waals surface area contributed by atoms with Gasteiger partial charge in [0.1, 0.15) is 10.0 Å². The molecule has 1 saturated heterocycles. The van der Waals surface area contributed by atoms with Crippen molar-refractivity contribution in [3.8, 4) is 16.9 Å². The third-order valence-electron chi connectivity index (χ3n) is 6.70. The van der Waals surface area contributed by atoms with Crippen molar-refractivity contribution in [2.45, 2.75) is 43.0 Å². The normalized spacial score (nSPS) is 18.4. The summed E-state index contributed by atoms with van der Waals surface area (Å²) in [5.74, 6) is -0.0655. The molecule has 2 heterocycles. The van der Waals surface area contributed by atoms with Gasteiger partial charge in [-0.1, -0.05) is 73.6 Å². The van der Waals surface area contributed by atoms with Crippen LogP contribution in [-0.4, -0.2) is 57.8 Å². The molecule has 3 aromatic rings. The summed E-state index contributed by atoms with van der Waals surface area (Å²) in [6.07, 6.45) is 9.07. The summed E-state index contributed by atoms with van der Waals surface area (Å²) in [6.45, 7) is 0. The highest BCUT2D eigenvalue weighted by atomic mass is 32.2. The zero-order valence-electron chi connectivity index (χ0n) is 20.7. The van der Waals surface area contributed by atoms with Crippen LogP contribution < -0.4 is 0 Å². The molecule has 1 aliphatic carbocycles. The van der Waals surface area contributed by atoms with Gasteiger partial charge in [0.15, 0.2) is 0 Å². The lowest BCUT2D eigenvalue weighted by Gasteiger charge is -2.29. The molecule has 7 nitrogen and oxygen atoms in total. The molecule has 10 heteroatoms. The Hall–Kier alpha value is -2.79. The summed E-state index contributed by atoms with van der Waals surface area (Å²) in [5, 5.41) is 4.81. The van der Waals surface area contributed by atoms with Crippen LogP contribution >= 0.6 is 24.0 Å². The van der Waals surface area contributed by atoms with Crippen molar-refractivity contribution < 1.29 is 13.2 Å². The fraction of sp³-hybridized carbons (Fsp3) is 0.296. The second-order valence-electron chi connectivity index (χ2n) is 9.37. The van der Waals surface area contributed by atoms with E-state index in [0.29, 0.717) is 26.0 Å². The second-order valence-corrected chi connectivity index (χ2v) is 13.2. The number of aromatic nitrogens is 2. The summed E-state index contributed by atoms with van der Waals surface area (Å²) in [5.41, 5.74) is 2.80. The topological polar surface area (TPSA) is 75.5 Å². The molecule has 37 heavy (non-hydrogen) atoms. The molecule has 1 saturated carbocycles. The number of hydrogen-bond donors (Lipinski definition) is 0. The number of rotatable bonds is 6. The van der Waals surface area contributed by atoms with Crippen molar-refractivity contribution in [1.29, 1.82) is 0 Å². The Morgan fingerprint density at radius 3 is 2.49 bits per heavy atom. The molecule has 1 aromatic heterocycles. The lowest BCUT2D eigenvalue weighted by Crippen LogP contribution is -2.39. The van der Waals surface area contributed by atoms with E-state index in [0.717, 1.165) is 31.4 Å². The molecular weight excluding hydrogens is 525 g/mol. The lowest BCUT2D eigenvalue weighted by molar-refractivity contribution is -0.124. The molecule has 0 bridgehead atoms. The highest BCUT2D eigenvalue weighted by Gasteiger charge is 2.37. The van der Waals surface area contributed by atoms with Crippen LogP contribution in [0.15, 0.2) is 70.6 Å². The largest absolute Gasteiger partial charge is 0.290 e. The summed E-state index contributed by atoms with van der Waals surface area (Å²) in [4.78, 5) is 16.0. The van der Waals surface area contributed by atoms with Gasteiger partial charge in [-0.25, -0.2) is 17.4 Å². The number of carbonyl (C=O) groups excluding carboxylic acids is 1. The molecule has 192 valence electrons. The monoisotopic (exact) mass is 552 g/mol. The molecule has 1 aliphatic heterocycles. The number of amides is 1. The van der Waals surface area contributed by atoms with Gasteiger partial charge in [0, 0.05) is 37.5 Å². The minimum Gasteiger partial charge on any atom is -0.290 e. The molecule has 5 rings (SSSR count). The Morgan fingerprint density at radius 1 is 1.05 bits per heavy atom. The molecule has 0 atom stereocenters. The fourth-order valence-electron chi connectivity index (χ4n) is 4.72. The third-order valence-corrected chi connectivity index (χ3v) is 9.84. The van der Waals surface area contributed by atoms with Gasteiger partial charge in [-0.3, -0.25) is 9.69 Å². The molecule has 0 radical (unpaired) electrons. The zero-order chi connectivity index (χ0) is 26.2. The van der Waals surface area contributed by atoms with Gasteiger partial charge < -0.3 is 0 Å². The first kappa shape index (κ1) is 25.8. The molecule has 1 amide bonds. The average Bonchev–Trinajstić information content (AvgIpc) is 3.45. The van der Waals surface area contributed by atoms with Gasteiger partial charge in [-0.2, -0.15) is 5.10 Å². The molecule has 2 aromatic carbocycles. The standard InChI is InChI=1S/C27H28N4O3S3/c1-29(2)37(33,34)23-15-9-10-19(16-23)25-20(18-30(28-25)21-11-5-3-6-12-21)17-24-26(32)31(27(35)36-24)22-13-7-4-8-14-22/h3,5-6,9-12,15-18,22H,4,7-8,13-14H2,1-2H3. The highest BCUT2D eigenvalue weighted by Crippen LogP contribution is 2.38. The molecule has 2 aliphatic rings. The van der Waals surface area contributed by atoms with Gasteiger partial charge in [0.25, 0.3) is 5.91 Å². The van der Waals surface area contributed by atoms with E-state index < -0.39 is 10.0 Å². The predicted molar refractivity (Wildman–Crippen MR) is 152 cm³/mol. The predicted octanol–water partition coefficient (Wildman–Crippen LogP) is 5.32. The van der Waals surface area contributed by atoms with Gasteiger partial charge in [-0.15, -0.1) is 0 Å². The number of sulfonamides is 1. The SMILES string of the molecule is CN(C)S(=O)(=O)c1cccc(-c2nn(-c3ccccc3)cc2C=C2SC(=S)N(C3CCCCC3)C2=O)c1. The van der Waals surface area contributed by atoms with Gasteiger partial charge in [0.2, 0.25) is 10.0 Å². The number of hydrogen-bond acceptors (Lipinski definition) is 6. The minimum absolute atomic E-state index is 0.0655. The summed E-state index contributed by atoms with van der Waals surface area (Å²) < 4.78 is 29.1. The van der Waals surface area contributed by atoms with Gasteiger partial charge >= 0.3 is 0 Å². The van der Waals surface area contributed by atoms with E-state index in [1.165, 1.54) is 36.6 Å². The molecule has 0 N–H and O–H groups in total. The number of benzene rings is 2. The smallest absolute Gasteiger partial charge is 0.266 e. The van der Waals surface area contributed by atoms with E-state index in [2.05, 4.69) is 0 Å². The molecule has 2 fully saturated rings. The van der Waals surface area contributed by atoms with E-state index in [1.807, 2.05) is 48.7 Å². The van der Waals surface area contributed by atoms with Crippen molar-refractivity contribution in [3.63, 3.8) is 0 Å². The third kappa shape index (κ3) is 5.16. The number of thiocarbonyl (C=S) groups is 1. The molecule has 0 unspecified atom stereocenters. The van der Waals surface area contributed by atoms with Crippen LogP contribution in [0.4, 0.5) is 0 Å². The Kier molecular flexibility index (Phi) is 7.35. The van der Waals surface area contributed by atoms with E-state index >= 15 is 0 Å². The van der Waals surface area contributed by atoms with Crippen LogP contribution in [0.1, 0.15) is 37.7 Å². The first-order valence-electron chi connectivity index (χ1n) is 12.2. The second kappa shape index (κ2) is 10.5. The Morgan fingerprint density at radius 2 is 1.78 bits per heavy atom. The number of nitrogens with zero attached hydrogens (tertiary/aromatic N) is 4. The molecule has 0 spiro atoms. The van der Waals surface area contributed by atoms with Crippen molar-refractivity contribution in [1.82, 2.24) is 19.0 Å². The fourth-order valence-corrected chi connectivity index (χ4v) is 7.06. The minimum atomic E-state index is -3.62. The Bertz CT molecular complexity index is 1470. The highest BCUT2D eigenvalue weighted by molar-refractivity contribution is 8.26. The Balaban J connectivity index is 1.58. The number of para-hydroxylation sites is 1. The summed E-state index contributed by atoms with van der Waals surface area (Å²) in [7, 11) is -0.611. The quantitative estimate of drug-likeness (QED) is 0.304. The number of thioether (sulfide) groups is 1. The van der Waals surface area contributed by atoms with Crippen molar-refractivity contribution >= 4 is 50.3 Å². The van der Waals surface area contributed by atoms with Gasteiger partial charge in [-0.05, 0) is 43.2 Å². The zero-order valence-corrected chi connectivity index (χ0v) is 23.2. The first-order valence-corrected chi connectivity index (χ1v) is 14.9.